The molecule has 2 aromatic heterocycles. The number of aryl methyl sites for hydroxylation is 2. The average Bonchev–Trinajstić information content (AvgIpc) is 3.04. The van der Waals surface area contributed by atoms with Crippen LogP contribution in [0.15, 0.2) is 12.4 Å². The summed E-state index contributed by atoms with van der Waals surface area (Å²) in [6.45, 7) is 10.6. The maximum Gasteiger partial charge on any atom is 0.242 e. The number of carbonyl (C=O) groups is 1. The zero-order valence-corrected chi connectivity index (χ0v) is 14.9. The van der Waals surface area contributed by atoms with Crippen LogP contribution in [-0.2, 0) is 11.3 Å². The second-order valence-corrected chi connectivity index (χ2v) is 7.00. The summed E-state index contributed by atoms with van der Waals surface area (Å²) in [4.78, 5) is 24.2. The highest BCUT2D eigenvalue weighted by atomic mass is 32.1. The van der Waals surface area contributed by atoms with Gasteiger partial charge >= 0.3 is 0 Å². The van der Waals surface area contributed by atoms with Crippen molar-refractivity contribution in [3.05, 3.63) is 33.8 Å². The van der Waals surface area contributed by atoms with Crippen LogP contribution in [0, 0.1) is 13.8 Å². The van der Waals surface area contributed by atoms with E-state index in [0.717, 1.165) is 16.5 Å². The molecular weight excluding hydrogens is 296 g/mol. The molecule has 0 aliphatic rings. The van der Waals surface area contributed by atoms with Gasteiger partial charge in [-0.05, 0) is 20.8 Å². The number of imidazole rings is 1. The van der Waals surface area contributed by atoms with Crippen molar-refractivity contribution in [2.24, 2.45) is 0 Å². The zero-order chi connectivity index (χ0) is 16.4. The summed E-state index contributed by atoms with van der Waals surface area (Å²) in [6, 6.07) is 0.0290. The molecule has 6 heteroatoms. The third-order valence-corrected chi connectivity index (χ3v) is 5.55. The molecule has 5 nitrogen and oxygen atoms in total. The SMILES string of the molecule is Cc1nc(C(C)C)sc1C(C)N(C)C(=O)Cn1ccnc1C. The lowest BCUT2D eigenvalue weighted by Gasteiger charge is -2.25. The number of nitrogens with zero attached hydrogens (tertiary/aromatic N) is 4. The van der Waals surface area contributed by atoms with Crippen LogP contribution in [0.1, 0.15) is 54.1 Å². The Morgan fingerprint density at radius 2 is 2.05 bits per heavy atom. The van der Waals surface area contributed by atoms with Crippen molar-refractivity contribution < 1.29 is 4.79 Å². The molecule has 0 fully saturated rings. The van der Waals surface area contributed by atoms with E-state index >= 15 is 0 Å². The van der Waals surface area contributed by atoms with Gasteiger partial charge in [0.25, 0.3) is 0 Å². The summed E-state index contributed by atoms with van der Waals surface area (Å²) in [5, 5.41) is 1.13. The molecule has 2 heterocycles. The Kier molecular flexibility index (Phi) is 5.01. The summed E-state index contributed by atoms with van der Waals surface area (Å²) in [5.74, 6) is 1.34. The van der Waals surface area contributed by atoms with Crippen molar-refractivity contribution in [1.82, 2.24) is 19.4 Å². The molecule has 0 aliphatic heterocycles. The second kappa shape index (κ2) is 6.60. The van der Waals surface area contributed by atoms with Gasteiger partial charge in [0.15, 0.2) is 0 Å². The Labute approximate surface area is 136 Å². The number of hydrogen-bond donors (Lipinski definition) is 0. The predicted octanol–water partition coefficient (Wildman–Crippen LogP) is 3.30. The van der Waals surface area contributed by atoms with Crippen LogP contribution < -0.4 is 0 Å². The summed E-state index contributed by atoms with van der Waals surface area (Å²) in [7, 11) is 1.85. The minimum atomic E-state index is 0.0290. The summed E-state index contributed by atoms with van der Waals surface area (Å²) >= 11 is 1.71. The van der Waals surface area contributed by atoms with Crippen molar-refractivity contribution in [3.8, 4) is 0 Å². The first-order valence-electron chi connectivity index (χ1n) is 7.51. The van der Waals surface area contributed by atoms with Crippen LogP contribution in [0.2, 0.25) is 0 Å². The molecule has 120 valence electrons. The summed E-state index contributed by atoms with van der Waals surface area (Å²) in [5.41, 5.74) is 1.03. The van der Waals surface area contributed by atoms with Crippen LogP contribution >= 0.6 is 11.3 Å². The Bertz CT molecular complexity index is 659. The fourth-order valence-corrected chi connectivity index (χ4v) is 3.45. The molecule has 0 N–H and O–H groups in total. The van der Waals surface area contributed by atoms with Crippen molar-refractivity contribution >= 4 is 17.2 Å². The number of likely N-dealkylation sites (N-methyl/N-ethyl adjacent to an activating group) is 1. The molecule has 1 unspecified atom stereocenters. The van der Waals surface area contributed by atoms with E-state index in [0.29, 0.717) is 12.5 Å². The number of thiazole rings is 1. The van der Waals surface area contributed by atoms with Crippen LogP contribution in [0.25, 0.3) is 0 Å². The number of hydrogen-bond acceptors (Lipinski definition) is 4. The standard InChI is InChI=1S/C16H24N4OS/c1-10(2)16-18-11(3)15(22-16)12(4)19(6)14(21)9-20-8-7-17-13(20)5/h7-8,10,12H,9H2,1-6H3. The van der Waals surface area contributed by atoms with E-state index in [2.05, 4.69) is 30.7 Å². The molecule has 0 saturated carbocycles. The van der Waals surface area contributed by atoms with Gasteiger partial charge in [-0.2, -0.15) is 0 Å². The number of rotatable bonds is 5. The first kappa shape index (κ1) is 16.7. The molecule has 0 aliphatic carbocycles. The number of aromatic nitrogens is 3. The number of carbonyl (C=O) groups excluding carboxylic acids is 1. The van der Waals surface area contributed by atoms with E-state index in [9.17, 15) is 4.79 Å². The molecule has 0 aromatic carbocycles. The van der Waals surface area contributed by atoms with Gasteiger partial charge in [0, 0.05) is 30.2 Å². The van der Waals surface area contributed by atoms with Crippen molar-refractivity contribution in [2.45, 2.75) is 53.1 Å². The highest BCUT2D eigenvalue weighted by Crippen LogP contribution is 2.31. The molecule has 0 saturated heterocycles. The lowest BCUT2D eigenvalue weighted by atomic mass is 10.2. The van der Waals surface area contributed by atoms with Crippen molar-refractivity contribution in [2.75, 3.05) is 7.05 Å². The minimum Gasteiger partial charge on any atom is -0.337 e. The van der Waals surface area contributed by atoms with Crippen molar-refractivity contribution in [3.63, 3.8) is 0 Å². The van der Waals surface area contributed by atoms with E-state index in [1.54, 1.807) is 22.4 Å². The van der Waals surface area contributed by atoms with Gasteiger partial charge in [0.05, 0.1) is 16.7 Å². The molecule has 1 atom stereocenters. The Hall–Kier alpha value is -1.69. The van der Waals surface area contributed by atoms with Crippen LogP contribution in [0.3, 0.4) is 0 Å². The van der Waals surface area contributed by atoms with Crippen LogP contribution in [0.5, 0.6) is 0 Å². The van der Waals surface area contributed by atoms with Gasteiger partial charge in [-0.3, -0.25) is 4.79 Å². The molecular formula is C16H24N4OS. The Morgan fingerprint density at radius 1 is 1.36 bits per heavy atom. The first-order chi connectivity index (χ1) is 10.3. The summed E-state index contributed by atoms with van der Waals surface area (Å²) in [6.07, 6.45) is 3.55. The number of amides is 1. The molecule has 0 radical (unpaired) electrons. The monoisotopic (exact) mass is 320 g/mol. The van der Waals surface area contributed by atoms with Gasteiger partial charge < -0.3 is 9.47 Å². The maximum atomic E-state index is 12.5. The molecule has 1 amide bonds. The molecule has 2 rings (SSSR count). The van der Waals surface area contributed by atoms with Gasteiger partial charge in [0.1, 0.15) is 12.4 Å². The third-order valence-electron chi connectivity index (χ3n) is 3.93. The van der Waals surface area contributed by atoms with Crippen LogP contribution in [-0.4, -0.2) is 32.4 Å². The van der Waals surface area contributed by atoms with E-state index in [-0.39, 0.29) is 11.9 Å². The molecule has 0 spiro atoms. The molecule has 0 bridgehead atoms. The van der Waals surface area contributed by atoms with Gasteiger partial charge in [0.2, 0.25) is 5.91 Å². The van der Waals surface area contributed by atoms with Crippen LogP contribution in [0.4, 0.5) is 0 Å². The lowest BCUT2D eigenvalue weighted by Crippen LogP contribution is -2.32. The van der Waals surface area contributed by atoms with E-state index < -0.39 is 0 Å². The smallest absolute Gasteiger partial charge is 0.242 e. The highest BCUT2D eigenvalue weighted by molar-refractivity contribution is 7.11. The fourth-order valence-electron chi connectivity index (χ4n) is 2.28. The zero-order valence-electron chi connectivity index (χ0n) is 14.1. The molecule has 22 heavy (non-hydrogen) atoms. The van der Waals surface area contributed by atoms with Gasteiger partial charge in [-0.25, -0.2) is 9.97 Å². The Morgan fingerprint density at radius 3 is 2.55 bits per heavy atom. The van der Waals surface area contributed by atoms with Gasteiger partial charge in [-0.15, -0.1) is 11.3 Å². The Balaban J connectivity index is 2.13. The van der Waals surface area contributed by atoms with E-state index in [1.165, 1.54) is 4.88 Å². The van der Waals surface area contributed by atoms with E-state index in [1.807, 2.05) is 31.7 Å². The minimum absolute atomic E-state index is 0.0290. The highest BCUT2D eigenvalue weighted by Gasteiger charge is 2.23. The molecule has 2 aromatic rings. The summed E-state index contributed by atoms with van der Waals surface area (Å²) < 4.78 is 1.87. The van der Waals surface area contributed by atoms with E-state index in [4.69, 9.17) is 0 Å². The topological polar surface area (TPSA) is 51.0 Å². The normalized spacial score (nSPS) is 12.7. The quantitative estimate of drug-likeness (QED) is 0.849. The second-order valence-electron chi connectivity index (χ2n) is 5.94. The first-order valence-corrected chi connectivity index (χ1v) is 8.33. The fraction of sp³-hybridized carbons (Fsp3) is 0.562. The predicted molar refractivity (Wildman–Crippen MR) is 89.1 cm³/mol. The third kappa shape index (κ3) is 3.38. The lowest BCUT2D eigenvalue weighted by molar-refractivity contribution is -0.132. The van der Waals surface area contributed by atoms with Gasteiger partial charge in [-0.1, -0.05) is 13.8 Å². The average molecular weight is 320 g/mol. The maximum absolute atomic E-state index is 12.5. The van der Waals surface area contributed by atoms with Crippen molar-refractivity contribution in [1.29, 1.82) is 0 Å². The largest absolute Gasteiger partial charge is 0.337 e.